The molecule has 34 heavy (non-hydrogen) atoms. The van der Waals surface area contributed by atoms with E-state index >= 15 is 0 Å². The lowest BCUT2D eigenvalue weighted by Crippen LogP contribution is -2.38. The lowest BCUT2D eigenvalue weighted by atomic mass is 9.89. The monoisotopic (exact) mass is 468 g/mol. The molecule has 0 bridgehead atoms. The number of carbonyl (C=O) groups excluding carboxylic acids is 2. The maximum absolute atomic E-state index is 13.7. The van der Waals surface area contributed by atoms with Gasteiger partial charge in [-0.3, -0.25) is 9.59 Å². The number of para-hydroxylation sites is 1. The van der Waals surface area contributed by atoms with Gasteiger partial charge in [-0.15, -0.1) is 0 Å². The number of amides is 2. The number of carbonyl (C=O) groups is 2. The highest BCUT2D eigenvalue weighted by Gasteiger charge is 2.38. The summed E-state index contributed by atoms with van der Waals surface area (Å²) in [4.78, 5) is 28.8. The van der Waals surface area contributed by atoms with Gasteiger partial charge in [0, 0.05) is 24.5 Å². The Morgan fingerprint density at radius 3 is 2.12 bits per heavy atom. The van der Waals surface area contributed by atoms with Gasteiger partial charge in [0.2, 0.25) is 11.8 Å². The third-order valence-corrected chi connectivity index (χ3v) is 8.44. The molecule has 5 heteroatoms. The van der Waals surface area contributed by atoms with E-state index in [0.29, 0.717) is 13.0 Å². The SMILES string of the molecule is CN1C(=O)C(C/C(=C(/C(=O)NCc2ccccc2)[Si](C)(C)C)c2ccccc2)c2ccccc21. The average Bonchev–Trinajstić information content (AvgIpc) is 3.07. The van der Waals surface area contributed by atoms with Crippen LogP contribution in [-0.2, 0) is 16.1 Å². The first kappa shape index (κ1) is 23.7. The van der Waals surface area contributed by atoms with Crippen molar-refractivity contribution < 1.29 is 9.59 Å². The van der Waals surface area contributed by atoms with E-state index in [1.165, 1.54) is 0 Å². The van der Waals surface area contributed by atoms with Gasteiger partial charge in [-0.2, -0.15) is 0 Å². The van der Waals surface area contributed by atoms with Crippen LogP contribution in [0.2, 0.25) is 19.6 Å². The van der Waals surface area contributed by atoms with Crippen molar-refractivity contribution in [1.29, 1.82) is 0 Å². The van der Waals surface area contributed by atoms with Crippen LogP contribution in [0.3, 0.4) is 0 Å². The predicted molar refractivity (Wildman–Crippen MR) is 142 cm³/mol. The fourth-order valence-corrected chi connectivity index (χ4v) is 6.70. The minimum absolute atomic E-state index is 0.0334. The zero-order chi connectivity index (χ0) is 24.3. The number of allylic oxidation sites excluding steroid dienone is 1. The normalized spacial score (nSPS) is 16.2. The molecule has 3 aromatic rings. The van der Waals surface area contributed by atoms with Crippen molar-refractivity contribution in [2.45, 2.75) is 38.5 Å². The molecule has 1 N–H and O–H groups in total. The van der Waals surface area contributed by atoms with Crippen molar-refractivity contribution in [3.8, 4) is 0 Å². The second-order valence-corrected chi connectivity index (χ2v) is 14.9. The van der Waals surface area contributed by atoms with E-state index < -0.39 is 8.07 Å². The van der Waals surface area contributed by atoms with E-state index in [-0.39, 0.29) is 17.7 Å². The molecule has 1 atom stereocenters. The van der Waals surface area contributed by atoms with E-state index in [4.69, 9.17) is 0 Å². The molecule has 4 rings (SSSR count). The number of anilines is 1. The largest absolute Gasteiger partial charge is 0.349 e. The smallest absolute Gasteiger partial charge is 0.243 e. The van der Waals surface area contributed by atoms with Crippen molar-refractivity contribution in [3.63, 3.8) is 0 Å². The van der Waals surface area contributed by atoms with Gasteiger partial charge < -0.3 is 10.2 Å². The first-order valence-electron chi connectivity index (χ1n) is 11.7. The van der Waals surface area contributed by atoms with Gasteiger partial charge in [-0.1, -0.05) is 98.5 Å². The first-order valence-corrected chi connectivity index (χ1v) is 15.2. The van der Waals surface area contributed by atoms with Crippen LogP contribution in [0, 0.1) is 0 Å². The molecule has 1 aliphatic rings. The Kier molecular flexibility index (Phi) is 6.84. The number of nitrogens with one attached hydrogen (secondary N) is 1. The van der Waals surface area contributed by atoms with Crippen LogP contribution in [0.5, 0.6) is 0 Å². The molecule has 0 fully saturated rings. The van der Waals surface area contributed by atoms with Crippen molar-refractivity contribution in [2.24, 2.45) is 0 Å². The summed E-state index contributed by atoms with van der Waals surface area (Å²) < 4.78 is 0. The van der Waals surface area contributed by atoms with Crippen LogP contribution in [-0.4, -0.2) is 26.9 Å². The van der Waals surface area contributed by atoms with E-state index in [1.807, 2.05) is 79.8 Å². The lowest BCUT2D eigenvalue weighted by Gasteiger charge is -2.26. The van der Waals surface area contributed by atoms with Crippen LogP contribution in [0.25, 0.3) is 5.57 Å². The summed E-state index contributed by atoms with van der Waals surface area (Å²) in [5.41, 5.74) is 5.04. The third kappa shape index (κ3) is 4.90. The summed E-state index contributed by atoms with van der Waals surface area (Å²) in [5.74, 6) is -0.257. The molecule has 0 saturated carbocycles. The molecule has 1 aliphatic heterocycles. The first-order chi connectivity index (χ1) is 16.3. The van der Waals surface area contributed by atoms with Gasteiger partial charge in [0.05, 0.1) is 14.0 Å². The van der Waals surface area contributed by atoms with Gasteiger partial charge in [0.15, 0.2) is 0 Å². The average molecular weight is 469 g/mol. The zero-order valence-corrected chi connectivity index (χ0v) is 21.3. The topological polar surface area (TPSA) is 49.4 Å². The molecule has 0 aliphatic carbocycles. The summed E-state index contributed by atoms with van der Waals surface area (Å²) >= 11 is 0. The summed E-state index contributed by atoms with van der Waals surface area (Å²) in [6.07, 6.45) is 0.503. The second-order valence-electron chi connectivity index (χ2n) is 9.85. The van der Waals surface area contributed by atoms with Gasteiger partial charge in [-0.05, 0) is 34.8 Å². The number of benzene rings is 3. The quantitative estimate of drug-likeness (QED) is 0.353. The standard InChI is InChI=1S/C29H32N2O2Si/c1-31-26-18-12-11-17-23(26)25(29(31)33)19-24(22-15-9-6-10-16-22)27(34(2,3)4)28(32)30-20-21-13-7-5-8-14-21/h5-18,25H,19-20H2,1-4H3,(H,30,32)/b27-24+. The Morgan fingerprint density at radius 1 is 0.882 bits per heavy atom. The van der Waals surface area contributed by atoms with E-state index in [2.05, 4.69) is 37.1 Å². The molecule has 0 saturated heterocycles. The molecule has 0 spiro atoms. The fraction of sp³-hybridized carbons (Fsp3) is 0.241. The molecule has 3 aromatic carbocycles. The van der Waals surface area contributed by atoms with Gasteiger partial charge in [0.25, 0.3) is 0 Å². The minimum atomic E-state index is -2.09. The summed E-state index contributed by atoms with van der Waals surface area (Å²) in [7, 11) is -0.261. The molecule has 0 aromatic heterocycles. The van der Waals surface area contributed by atoms with Gasteiger partial charge in [0.1, 0.15) is 0 Å². The Morgan fingerprint density at radius 2 is 1.47 bits per heavy atom. The maximum Gasteiger partial charge on any atom is 0.243 e. The molecule has 4 nitrogen and oxygen atoms in total. The highest BCUT2D eigenvalue weighted by atomic mass is 28.3. The molecular weight excluding hydrogens is 436 g/mol. The number of fused-ring (bicyclic) bond motifs is 1. The summed E-state index contributed by atoms with van der Waals surface area (Å²) in [6.45, 7) is 7.07. The number of likely N-dealkylation sites (N-methyl/N-ethyl adjacent to an activating group) is 1. The highest BCUT2D eigenvalue weighted by Crippen LogP contribution is 2.43. The van der Waals surface area contributed by atoms with E-state index in [9.17, 15) is 9.59 Å². The Hall–Kier alpha value is -3.44. The predicted octanol–water partition coefficient (Wildman–Crippen LogP) is 5.78. The van der Waals surface area contributed by atoms with Crippen molar-refractivity contribution in [3.05, 3.63) is 107 Å². The number of nitrogens with zero attached hydrogens (tertiary/aromatic N) is 1. The number of rotatable bonds is 7. The number of hydrogen-bond acceptors (Lipinski definition) is 2. The van der Waals surface area contributed by atoms with E-state index in [1.54, 1.807) is 4.90 Å². The maximum atomic E-state index is 13.7. The number of hydrogen-bond donors (Lipinski definition) is 1. The zero-order valence-electron chi connectivity index (χ0n) is 20.3. The minimum Gasteiger partial charge on any atom is -0.349 e. The molecular formula is C29H32N2O2Si. The van der Waals surface area contributed by atoms with Crippen LogP contribution in [0.15, 0.2) is 90.1 Å². The molecule has 1 heterocycles. The third-order valence-electron chi connectivity index (χ3n) is 6.41. The van der Waals surface area contributed by atoms with Crippen LogP contribution < -0.4 is 10.2 Å². The second kappa shape index (κ2) is 9.81. The van der Waals surface area contributed by atoms with Gasteiger partial charge >= 0.3 is 0 Å². The van der Waals surface area contributed by atoms with Crippen LogP contribution in [0.4, 0.5) is 5.69 Å². The summed E-state index contributed by atoms with van der Waals surface area (Å²) in [5, 5.41) is 4.02. The fourth-order valence-electron chi connectivity index (χ4n) is 4.78. The Bertz CT molecular complexity index is 1210. The van der Waals surface area contributed by atoms with Gasteiger partial charge in [-0.25, -0.2) is 0 Å². The van der Waals surface area contributed by atoms with Crippen LogP contribution in [0.1, 0.15) is 29.0 Å². The lowest BCUT2D eigenvalue weighted by molar-refractivity contribution is -0.119. The van der Waals surface area contributed by atoms with Crippen LogP contribution >= 0.6 is 0 Å². The van der Waals surface area contributed by atoms with Crippen molar-refractivity contribution in [2.75, 3.05) is 11.9 Å². The molecule has 1 unspecified atom stereocenters. The molecule has 2 amide bonds. The molecule has 174 valence electrons. The van der Waals surface area contributed by atoms with Crippen molar-refractivity contribution >= 4 is 31.1 Å². The van der Waals surface area contributed by atoms with Crippen molar-refractivity contribution in [1.82, 2.24) is 5.32 Å². The summed E-state index contributed by atoms with van der Waals surface area (Å²) in [6, 6.07) is 28.0. The molecule has 0 radical (unpaired) electrons. The van der Waals surface area contributed by atoms with E-state index in [0.717, 1.165) is 33.1 Å². The Labute approximate surface area is 203 Å². The highest BCUT2D eigenvalue weighted by molar-refractivity contribution is 6.88. The Balaban J connectivity index is 1.78.